The maximum absolute atomic E-state index is 11.4. The summed E-state index contributed by atoms with van der Waals surface area (Å²) in [6, 6.07) is 18.6. The first-order valence-corrected chi connectivity index (χ1v) is 8.10. The minimum absolute atomic E-state index is 0.463. The number of hydrogen-bond acceptors (Lipinski definition) is 3. The molecule has 2 aromatic rings. The van der Waals surface area contributed by atoms with Crippen LogP contribution >= 0.6 is 0 Å². The fourth-order valence-corrected chi connectivity index (χ4v) is 3.29. The van der Waals surface area contributed by atoms with Crippen LogP contribution in [-0.4, -0.2) is 22.6 Å². The van der Waals surface area contributed by atoms with Gasteiger partial charge in [-0.3, -0.25) is 14.9 Å². The molecule has 0 aromatic heterocycles. The Morgan fingerprint density at radius 3 is 2.52 bits per heavy atom. The van der Waals surface area contributed by atoms with Crippen LogP contribution in [0.15, 0.2) is 54.6 Å². The van der Waals surface area contributed by atoms with Crippen molar-refractivity contribution in [3.63, 3.8) is 0 Å². The number of piperidine rings is 1. The molecule has 0 aliphatic carbocycles. The number of carbonyl (C=O) groups excluding carboxylic acids is 1. The lowest BCUT2D eigenvalue weighted by Gasteiger charge is -2.36. The van der Waals surface area contributed by atoms with Gasteiger partial charge < -0.3 is 0 Å². The molecule has 0 spiro atoms. The van der Waals surface area contributed by atoms with E-state index in [-0.39, 0.29) is 0 Å². The number of carbonyl (C=O) groups is 1. The van der Waals surface area contributed by atoms with Crippen LogP contribution in [0.4, 0.5) is 0 Å². The van der Waals surface area contributed by atoms with Gasteiger partial charge in [0.2, 0.25) is 0 Å². The number of nitrogens with one attached hydrogen (secondary N) is 1. The predicted octanol–water partition coefficient (Wildman–Crippen LogP) is 3.53. The van der Waals surface area contributed by atoms with E-state index in [9.17, 15) is 4.79 Å². The summed E-state index contributed by atoms with van der Waals surface area (Å²) < 4.78 is 0. The fraction of sp³-hybridized carbons (Fsp3) is 0.316. The molecule has 23 heavy (non-hydrogen) atoms. The Morgan fingerprint density at radius 2 is 1.83 bits per heavy atom. The van der Waals surface area contributed by atoms with Crippen LogP contribution in [0.5, 0.6) is 0 Å². The molecular formula is C19H22N2O2. The number of amides is 1. The van der Waals surface area contributed by atoms with E-state index in [0.717, 1.165) is 13.1 Å². The van der Waals surface area contributed by atoms with E-state index in [4.69, 9.17) is 5.21 Å². The SMILES string of the molecule is O=C(NO)c1ccc(CN2CCCCC2c2ccccc2)cc1. The second kappa shape index (κ2) is 7.40. The first-order chi connectivity index (χ1) is 11.3. The van der Waals surface area contributed by atoms with Crippen LogP contribution in [0.1, 0.15) is 46.8 Å². The monoisotopic (exact) mass is 310 g/mol. The van der Waals surface area contributed by atoms with Gasteiger partial charge in [0.1, 0.15) is 0 Å². The van der Waals surface area contributed by atoms with Gasteiger partial charge in [-0.15, -0.1) is 0 Å². The molecule has 4 heteroatoms. The number of hydroxylamine groups is 1. The molecule has 1 saturated heterocycles. The van der Waals surface area contributed by atoms with Crippen LogP contribution in [0.2, 0.25) is 0 Å². The summed E-state index contributed by atoms with van der Waals surface area (Å²) >= 11 is 0. The summed E-state index contributed by atoms with van der Waals surface area (Å²) in [5.74, 6) is -0.475. The lowest BCUT2D eigenvalue weighted by atomic mass is 9.94. The highest BCUT2D eigenvalue weighted by atomic mass is 16.5. The lowest BCUT2D eigenvalue weighted by molar-refractivity contribution is 0.0706. The number of benzene rings is 2. The third-order valence-corrected chi connectivity index (χ3v) is 4.50. The summed E-state index contributed by atoms with van der Waals surface area (Å²) in [6.07, 6.45) is 3.69. The highest BCUT2D eigenvalue weighted by Crippen LogP contribution is 2.31. The van der Waals surface area contributed by atoms with Crippen LogP contribution in [-0.2, 0) is 6.54 Å². The first-order valence-electron chi connectivity index (χ1n) is 8.10. The molecule has 3 rings (SSSR count). The molecule has 1 aliphatic rings. The number of hydrogen-bond donors (Lipinski definition) is 2. The standard InChI is InChI=1S/C19H22N2O2/c22-19(20-23)17-11-9-15(10-12-17)14-21-13-5-4-8-18(21)16-6-2-1-3-7-16/h1-3,6-7,9-12,18,23H,4-5,8,13-14H2,(H,20,22). The Hall–Kier alpha value is -2.17. The normalized spacial score (nSPS) is 18.6. The Bertz CT molecular complexity index is 640. The van der Waals surface area contributed by atoms with E-state index in [1.54, 1.807) is 17.6 Å². The zero-order valence-corrected chi connectivity index (χ0v) is 13.1. The number of likely N-dealkylation sites (tertiary alicyclic amines) is 1. The largest absolute Gasteiger partial charge is 0.292 e. The van der Waals surface area contributed by atoms with Gasteiger partial charge in [-0.05, 0) is 42.6 Å². The molecule has 0 radical (unpaired) electrons. The topological polar surface area (TPSA) is 52.6 Å². The Balaban J connectivity index is 1.73. The van der Waals surface area contributed by atoms with E-state index >= 15 is 0 Å². The zero-order chi connectivity index (χ0) is 16.1. The highest BCUT2D eigenvalue weighted by Gasteiger charge is 2.23. The van der Waals surface area contributed by atoms with Crippen molar-refractivity contribution >= 4 is 5.91 Å². The molecule has 2 N–H and O–H groups in total. The third kappa shape index (κ3) is 3.78. The molecular weight excluding hydrogens is 288 g/mol. The van der Waals surface area contributed by atoms with Crippen LogP contribution in [0.3, 0.4) is 0 Å². The van der Waals surface area contributed by atoms with Crippen molar-refractivity contribution in [3.05, 3.63) is 71.3 Å². The minimum atomic E-state index is -0.475. The second-order valence-electron chi connectivity index (χ2n) is 6.03. The summed E-state index contributed by atoms with van der Waals surface area (Å²) in [5, 5.41) is 8.67. The fourth-order valence-electron chi connectivity index (χ4n) is 3.29. The van der Waals surface area contributed by atoms with E-state index in [0.29, 0.717) is 11.6 Å². The first kappa shape index (κ1) is 15.7. The van der Waals surface area contributed by atoms with Gasteiger partial charge in [0.15, 0.2) is 0 Å². The lowest BCUT2D eigenvalue weighted by Crippen LogP contribution is -2.32. The molecule has 1 amide bonds. The summed E-state index contributed by atoms with van der Waals surface area (Å²) in [7, 11) is 0. The van der Waals surface area contributed by atoms with Crippen molar-refractivity contribution in [2.75, 3.05) is 6.54 Å². The smallest absolute Gasteiger partial charge is 0.274 e. The van der Waals surface area contributed by atoms with Gasteiger partial charge in [-0.1, -0.05) is 48.9 Å². The van der Waals surface area contributed by atoms with Crippen LogP contribution < -0.4 is 5.48 Å². The van der Waals surface area contributed by atoms with Crippen LogP contribution in [0, 0.1) is 0 Å². The number of rotatable bonds is 4. The van der Waals surface area contributed by atoms with Gasteiger partial charge in [-0.25, -0.2) is 5.48 Å². The molecule has 0 saturated carbocycles. The third-order valence-electron chi connectivity index (χ3n) is 4.50. The van der Waals surface area contributed by atoms with Crippen molar-refractivity contribution < 1.29 is 10.0 Å². The minimum Gasteiger partial charge on any atom is -0.292 e. The van der Waals surface area contributed by atoms with Crippen molar-refractivity contribution in [3.8, 4) is 0 Å². The quantitative estimate of drug-likeness (QED) is 0.671. The van der Waals surface area contributed by atoms with Crippen LogP contribution in [0.25, 0.3) is 0 Å². The molecule has 1 fully saturated rings. The molecule has 120 valence electrons. The Kier molecular flexibility index (Phi) is 5.05. The van der Waals surface area contributed by atoms with Crippen molar-refractivity contribution in [2.24, 2.45) is 0 Å². The summed E-state index contributed by atoms with van der Waals surface area (Å²) in [4.78, 5) is 13.9. The van der Waals surface area contributed by atoms with E-state index < -0.39 is 5.91 Å². The van der Waals surface area contributed by atoms with Gasteiger partial charge in [-0.2, -0.15) is 0 Å². The number of nitrogens with zero attached hydrogens (tertiary/aromatic N) is 1. The van der Waals surface area contributed by atoms with Gasteiger partial charge in [0.05, 0.1) is 0 Å². The highest BCUT2D eigenvalue weighted by molar-refractivity contribution is 5.93. The molecule has 4 nitrogen and oxygen atoms in total. The zero-order valence-electron chi connectivity index (χ0n) is 13.1. The predicted molar refractivity (Wildman–Crippen MR) is 89.1 cm³/mol. The van der Waals surface area contributed by atoms with E-state index in [1.807, 2.05) is 12.1 Å². The Morgan fingerprint density at radius 1 is 1.09 bits per heavy atom. The molecule has 1 unspecified atom stereocenters. The second-order valence-corrected chi connectivity index (χ2v) is 6.03. The van der Waals surface area contributed by atoms with E-state index in [1.165, 1.54) is 30.4 Å². The summed E-state index contributed by atoms with van der Waals surface area (Å²) in [6.45, 7) is 1.97. The van der Waals surface area contributed by atoms with Gasteiger partial charge >= 0.3 is 0 Å². The maximum Gasteiger partial charge on any atom is 0.274 e. The molecule has 1 atom stereocenters. The maximum atomic E-state index is 11.4. The molecule has 1 aliphatic heterocycles. The average molecular weight is 310 g/mol. The van der Waals surface area contributed by atoms with Gasteiger partial charge in [0, 0.05) is 18.2 Å². The van der Waals surface area contributed by atoms with Crippen molar-refractivity contribution in [1.82, 2.24) is 10.4 Å². The van der Waals surface area contributed by atoms with Crippen molar-refractivity contribution in [1.29, 1.82) is 0 Å². The van der Waals surface area contributed by atoms with Gasteiger partial charge in [0.25, 0.3) is 5.91 Å². The Labute approximate surface area is 136 Å². The average Bonchev–Trinajstić information content (AvgIpc) is 2.63. The van der Waals surface area contributed by atoms with E-state index in [2.05, 4.69) is 35.2 Å². The molecule has 2 aromatic carbocycles. The summed E-state index contributed by atoms with van der Waals surface area (Å²) in [5.41, 5.74) is 4.69. The van der Waals surface area contributed by atoms with Crippen molar-refractivity contribution in [2.45, 2.75) is 31.8 Å². The molecule has 0 bridgehead atoms. The molecule has 1 heterocycles.